The van der Waals surface area contributed by atoms with Gasteiger partial charge in [0.1, 0.15) is 0 Å². The van der Waals surface area contributed by atoms with Gasteiger partial charge in [-0.05, 0) is 42.5 Å². The lowest BCUT2D eigenvalue weighted by Gasteiger charge is -2.29. The Labute approximate surface area is 165 Å². The monoisotopic (exact) mass is 409 g/mol. The normalized spacial score (nSPS) is 13.2. The topological polar surface area (TPSA) is 72.5 Å². The molecule has 0 saturated heterocycles. The Morgan fingerprint density at radius 1 is 1.19 bits per heavy atom. The van der Waals surface area contributed by atoms with E-state index in [1.165, 1.54) is 25.3 Å². The maximum Gasteiger partial charge on any atom is 0.339 e. The molecule has 0 radical (unpaired) electrons. The highest BCUT2D eigenvalue weighted by Gasteiger charge is 2.27. The van der Waals surface area contributed by atoms with Gasteiger partial charge in [0.05, 0.1) is 22.6 Å². The first-order chi connectivity index (χ1) is 12.6. The van der Waals surface area contributed by atoms with E-state index >= 15 is 0 Å². The summed E-state index contributed by atoms with van der Waals surface area (Å²) in [6.07, 6.45) is 0.605. The van der Waals surface area contributed by atoms with Gasteiger partial charge in [0.15, 0.2) is 0 Å². The Balaban J connectivity index is 2.20. The van der Waals surface area contributed by atoms with Crippen molar-refractivity contribution in [1.82, 2.24) is 4.72 Å². The fourth-order valence-electron chi connectivity index (χ4n) is 3.09. The van der Waals surface area contributed by atoms with Crippen LogP contribution in [-0.4, -0.2) is 27.5 Å². The van der Waals surface area contributed by atoms with Gasteiger partial charge >= 0.3 is 5.97 Å². The molecule has 7 heteroatoms. The minimum Gasteiger partial charge on any atom is -0.465 e. The van der Waals surface area contributed by atoms with Crippen molar-refractivity contribution in [3.63, 3.8) is 0 Å². The Morgan fingerprint density at radius 2 is 1.81 bits per heavy atom. The smallest absolute Gasteiger partial charge is 0.339 e. The van der Waals surface area contributed by atoms with E-state index in [1.54, 1.807) is 0 Å². The lowest BCUT2D eigenvalue weighted by molar-refractivity contribution is 0.0600. The number of sulfonamides is 1. The molecule has 0 unspecified atom stereocenters. The van der Waals surface area contributed by atoms with Crippen molar-refractivity contribution in [3.05, 3.63) is 64.7 Å². The Kier molecular flexibility index (Phi) is 6.68. The first-order valence-electron chi connectivity index (χ1n) is 8.52. The molecule has 0 aliphatic rings. The number of carbonyl (C=O) groups is 1. The van der Waals surface area contributed by atoms with Crippen LogP contribution in [0.25, 0.3) is 0 Å². The summed E-state index contributed by atoms with van der Waals surface area (Å²) in [4.78, 5) is 11.7. The van der Waals surface area contributed by atoms with Gasteiger partial charge in [-0.15, -0.1) is 0 Å². The number of esters is 1. The van der Waals surface area contributed by atoms with Crippen LogP contribution in [0.4, 0.5) is 0 Å². The number of ether oxygens (including phenoxy) is 1. The van der Waals surface area contributed by atoms with Crippen LogP contribution >= 0.6 is 11.6 Å². The standard InChI is InChI=1S/C20H24ClNO4S/c1-14(13-20(2,3)15-8-6-5-7-9-15)22-27(24,25)16-10-11-18(21)17(12-16)19(23)26-4/h5-12,14,22H,13H2,1-4H3/t14-/m1/s1. The van der Waals surface area contributed by atoms with E-state index in [0.717, 1.165) is 5.56 Å². The van der Waals surface area contributed by atoms with Crippen LogP contribution in [0, 0.1) is 0 Å². The molecule has 2 aromatic carbocycles. The quantitative estimate of drug-likeness (QED) is 0.697. The minimum absolute atomic E-state index is 0.0133. The van der Waals surface area contributed by atoms with Gasteiger partial charge in [0.25, 0.3) is 0 Å². The maximum atomic E-state index is 12.7. The van der Waals surface area contributed by atoms with Crippen molar-refractivity contribution in [2.75, 3.05) is 7.11 Å². The molecule has 146 valence electrons. The van der Waals surface area contributed by atoms with Gasteiger partial charge in [-0.2, -0.15) is 0 Å². The summed E-state index contributed by atoms with van der Waals surface area (Å²) in [7, 11) is -2.60. The molecule has 5 nitrogen and oxygen atoms in total. The second-order valence-electron chi connectivity index (χ2n) is 7.11. The van der Waals surface area contributed by atoms with Crippen molar-refractivity contribution in [3.8, 4) is 0 Å². The molecule has 0 heterocycles. The molecule has 2 aromatic rings. The first kappa shape index (κ1) is 21.4. The Morgan fingerprint density at radius 3 is 2.41 bits per heavy atom. The van der Waals surface area contributed by atoms with Gasteiger partial charge < -0.3 is 4.74 Å². The van der Waals surface area contributed by atoms with Crippen molar-refractivity contribution >= 4 is 27.6 Å². The van der Waals surface area contributed by atoms with E-state index in [-0.39, 0.29) is 26.9 Å². The second-order valence-corrected chi connectivity index (χ2v) is 9.23. The number of hydrogen-bond acceptors (Lipinski definition) is 4. The summed E-state index contributed by atoms with van der Waals surface area (Å²) in [5.74, 6) is -0.685. The number of nitrogens with one attached hydrogen (secondary N) is 1. The summed E-state index contributed by atoms with van der Waals surface area (Å²) in [6, 6.07) is 13.6. The lowest BCUT2D eigenvalue weighted by atomic mass is 9.79. The van der Waals surface area contributed by atoms with Crippen molar-refractivity contribution < 1.29 is 17.9 Å². The number of carbonyl (C=O) groups excluding carboxylic acids is 1. The van der Waals surface area contributed by atoms with E-state index in [0.29, 0.717) is 6.42 Å². The maximum absolute atomic E-state index is 12.7. The predicted molar refractivity (Wildman–Crippen MR) is 107 cm³/mol. The molecule has 0 aliphatic carbocycles. The highest BCUT2D eigenvalue weighted by Crippen LogP contribution is 2.29. The third-order valence-corrected chi connectivity index (χ3v) is 6.30. The summed E-state index contributed by atoms with van der Waals surface area (Å²) >= 11 is 5.96. The third kappa shape index (κ3) is 5.31. The predicted octanol–water partition coefficient (Wildman–Crippen LogP) is 4.16. The van der Waals surface area contributed by atoms with Crippen LogP contribution in [0.15, 0.2) is 53.4 Å². The molecule has 2 rings (SSSR count). The molecule has 1 N–H and O–H groups in total. The SMILES string of the molecule is COC(=O)c1cc(S(=O)(=O)N[C@H](C)CC(C)(C)c2ccccc2)ccc1Cl. The molecular weight excluding hydrogens is 386 g/mol. The zero-order valence-corrected chi connectivity index (χ0v) is 17.4. The molecule has 1 atom stereocenters. The molecule has 0 spiro atoms. The molecule has 27 heavy (non-hydrogen) atoms. The Bertz CT molecular complexity index is 911. The zero-order chi connectivity index (χ0) is 20.2. The van der Waals surface area contributed by atoms with Crippen molar-refractivity contribution in [1.29, 1.82) is 0 Å². The van der Waals surface area contributed by atoms with E-state index < -0.39 is 16.0 Å². The molecule has 0 aromatic heterocycles. The Hall–Kier alpha value is -1.89. The fourth-order valence-corrected chi connectivity index (χ4v) is 4.55. The van der Waals surface area contributed by atoms with Crippen LogP contribution in [0.3, 0.4) is 0 Å². The molecule has 0 aliphatic heterocycles. The minimum atomic E-state index is -3.81. The third-order valence-electron chi connectivity index (χ3n) is 4.38. The number of rotatable bonds is 7. The first-order valence-corrected chi connectivity index (χ1v) is 10.4. The van der Waals surface area contributed by atoms with Gasteiger partial charge in [0, 0.05) is 6.04 Å². The fraction of sp³-hybridized carbons (Fsp3) is 0.350. The largest absolute Gasteiger partial charge is 0.465 e. The average Bonchev–Trinajstić information content (AvgIpc) is 2.61. The van der Waals surface area contributed by atoms with Crippen LogP contribution in [-0.2, 0) is 20.2 Å². The van der Waals surface area contributed by atoms with Gasteiger partial charge in [-0.3, -0.25) is 0 Å². The van der Waals surface area contributed by atoms with Crippen LogP contribution in [0.5, 0.6) is 0 Å². The highest BCUT2D eigenvalue weighted by atomic mass is 35.5. The zero-order valence-electron chi connectivity index (χ0n) is 15.8. The molecular formula is C20H24ClNO4S. The van der Waals surface area contributed by atoms with Crippen LogP contribution in [0.1, 0.15) is 43.1 Å². The van der Waals surface area contributed by atoms with Gasteiger partial charge in [-0.25, -0.2) is 17.9 Å². The number of hydrogen-bond donors (Lipinski definition) is 1. The van der Waals surface area contributed by atoms with Crippen molar-refractivity contribution in [2.24, 2.45) is 0 Å². The van der Waals surface area contributed by atoms with E-state index in [4.69, 9.17) is 11.6 Å². The highest BCUT2D eigenvalue weighted by molar-refractivity contribution is 7.89. The molecule has 0 bridgehead atoms. The summed E-state index contributed by atoms with van der Waals surface area (Å²) in [6.45, 7) is 5.97. The van der Waals surface area contributed by atoms with Crippen LogP contribution in [0.2, 0.25) is 5.02 Å². The molecule has 0 fully saturated rings. The van der Waals surface area contributed by atoms with Crippen molar-refractivity contribution in [2.45, 2.75) is 43.5 Å². The number of benzene rings is 2. The summed E-state index contributed by atoms with van der Waals surface area (Å²) < 4.78 is 32.8. The van der Waals surface area contributed by atoms with Gasteiger partial charge in [0.2, 0.25) is 10.0 Å². The summed E-state index contributed by atoms with van der Waals surface area (Å²) in [5, 5.41) is 0.138. The number of methoxy groups -OCH3 is 1. The number of halogens is 1. The molecule has 0 amide bonds. The lowest BCUT2D eigenvalue weighted by Crippen LogP contribution is -2.37. The molecule has 0 saturated carbocycles. The van der Waals surface area contributed by atoms with E-state index in [2.05, 4.69) is 23.3 Å². The average molecular weight is 410 g/mol. The van der Waals surface area contributed by atoms with Crippen LogP contribution < -0.4 is 4.72 Å². The summed E-state index contributed by atoms with van der Waals surface area (Å²) in [5.41, 5.74) is 0.940. The van der Waals surface area contributed by atoms with E-state index in [1.807, 2.05) is 37.3 Å². The second kappa shape index (κ2) is 8.42. The van der Waals surface area contributed by atoms with Gasteiger partial charge in [-0.1, -0.05) is 55.8 Å². The van der Waals surface area contributed by atoms with E-state index in [9.17, 15) is 13.2 Å².